The molecule has 9 heteroatoms. The summed E-state index contributed by atoms with van der Waals surface area (Å²) < 4.78 is 53.0. The first kappa shape index (κ1) is 19.4. The van der Waals surface area contributed by atoms with Crippen molar-refractivity contribution in [3.63, 3.8) is 0 Å². The molecular weight excluding hydrogens is 404 g/mol. The van der Waals surface area contributed by atoms with Gasteiger partial charge in [0, 0.05) is 28.9 Å². The Hall–Kier alpha value is -2.94. The van der Waals surface area contributed by atoms with Gasteiger partial charge in [0.25, 0.3) is 0 Å². The Labute approximate surface area is 167 Å². The zero-order chi connectivity index (χ0) is 20.6. The van der Waals surface area contributed by atoms with Gasteiger partial charge in [0.1, 0.15) is 11.5 Å². The summed E-state index contributed by atoms with van der Waals surface area (Å²) in [5, 5.41) is 3.51. The third-order valence-corrected chi connectivity index (χ3v) is 5.10. The molecule has 3 aromatic heterocycles. The van der Waals surface area contributed by atoms with Crippen LogP contribution in [0.25, 0.3) is 28.2 Å². The summed E-state index contributed by atoms with van der Waals surface area (Å²) in [5.74, 6) is 0.451. The highest BCUT2D eigenvalue weighted by Crippen LogP contribution is 2.33. The SMILES string of the molecule is CCSc1cc(-c2ccc(F)cc2)cnc1-c1ccn2nc(C(F)(F)F)cc2n1. The van der Waals surface area contributed by atoms with E-state index in [-0.39, 0.29) is 11.5 Å². The molecule has 0 N–H and O–H groups in total. The van der Waals surface area contributed by atoms with E-state index in [2.05, 4.69) is 15.1 Å². The lowest BCUT2D eigenvalue weighted by atomic mass is 10.1. The first-order valence-corrected chi connectivity index (χ1v) is 9.66. The molecule has 0 amide bonds. The van der Waals surface area contributed by atoms with Crippen LogP contribution in [0.2, 0.25) is 0 Å². The monoisotopic (exact) mass is 418 g/mol. The Kier molecular flexibility index (Phi) is 4.99. The highest BCUT2D eigenvalue weighted by Gasteiger charge is 2.34. The Morgan fingerprint density at radius 2 is 1.79 bits per heavy atom. The molecule has 0 atom stereocenters. The third kappa shape index (κ3) is 3.95. The van der Waals surface area contributed by atoms with Crippen LogP contribution in [0, 0.1) is 5.82 Å². The van der Waals surface area contributed by atoms with Crippen LogP contribution in [0.4, 0.5) is 17.6 Å². The van der Waals surface area contributed by atoms with E-state index in [1.54, 1.807) is 36.2 Å². The van der Waals surface area contributed by atoms with Crippen molar-refractivity contribution in [2.75, 3.05) is 5.75 Å². The predicted molar refractivity (Wildman–Crippen MR) is 103 cm³/mol. The lowest BCUT2D eigenvalue weighted by Gasteiger charge is -2.10. The zero-order valence-corrected chi connectivity index (χ0v) is 15.9. The highest BCUT2D eigenvalue weighted by molar-refractivity contribution is 7.99. The summed E-state index contributed by atoms with van der Waals surface area (Å²) in [4.78, 5) is 9.65. The Morgan fingerprint density at radius 3 is 2.48 bits per heavy atom. The van der Waals surface area contributed by atoms with Crippen molar-refractivity contribution in [1.29, 1.82) is 0 Å². The minimum atomic E-state index is -4.54. The van der Waals surface area contributed by atoms with E-state index in [4.69, 9.17) is 0 Å². The highest BCUT2D eigenvalue weighted by atomic mass is 32.2. The van der Waals surface area contributed by atoms with E-state index in [0.29, 0.717) is 11.4 Å². The lowest BCUT2D eigenvalue weighted by Crippen LogP contribution is -2.05. The smallest absolute Gasteiger partial charge is 0.253 e. The van der Waals surface area contributed by atoms with Gasteiger partial charge >= 0.3 is 6.18 Å². The molecule has 0 saturated heterocycles. The molecule has 0 aliphatic carbocycles. The van der Waals surface area contributed by atoms with Gasteiger partial charge in [-0.15, -0.1) is 11.8 Å². The number of rotatable bonds is 4. The van der Waals surface area contributed by atoms with Gasteiger partial charge in [-0.2, -0.15) is 18.3 Å². The van der Waals surface area contributed by atoms with Crippen LogP contribution in [0.1, 0.15) is 12.6 Å². The zero-order valence-electron chi connectivity index (χ0n) is 15.1. The Morgan fingerprint density at radius 1 is 1.03 bits per heavy atom. The maximum Gasteiger partial charge on any atom is 0.435 e. The van der Waals surface area contributed by atoms with Gasteiger partial charge in [0.05, 0.1) is 5.69 Å². The van der Waals surface area contributed by atoms with Crippen molar-refractivity contribution >= 4 is 17.4 Å². The number of fused-ring (bicyclic) bond motifs is 1. The average molecular weight is 418 g/mol. The van der Waals surface area contributed by atoms with E-state index >= 15 is 0 Å². The number of benzene rings is 1. The minimum absolute atomic E-state index is 0.0895. The van der Waals surface area contributed by atoms with Crippen LogP contribution in [0.15, 0.2) is 59.8 Å². The van der Waals surface area contributed by atoms with Crippen LogP contribution >= 0.6 is 11.8 Å². The minimum Gasteiger partial charge on any atom is -0.253 e. The van der Waals surface area contributed by atoms with Crippen molar-refractivity contribution in [3.05, 3.63) is 66.4 Å². The van der Waals surface area contributed by atoms with Gasteiger partial charge in [-0.05, 0) is 35.6 Å². The fourth-order valence-corrected chi connectivity index (χ4v) is 3.67. The molecule has 4 nitrogen and oxygen atoms in total. The first-order valence-electron chi connectivity index (χ1n) is 8.68. The maximum absolute atomic E-state index is 13.2. The number of aromatic nitrogens is 4. The molecule has 0 unspecified atom stereocenters. The van der Waals surface area contributed by atoms with E-state index in [1.807, 2.05) is 13.0 Å². The molecule has 0 aliphatic heterocycles. The predicted octanol–water partition coefficient (Wildman–Crippen LogP) is 5.73. The van der Waals surface area contributed by atoms with Crippen LogP contribution < -0.4 is 0 Å². The fourth-order valence-electron chi connectivity index (χ4n) is 2.85. The Bertz CT molecular complexity index is 1170. The molecule has 29 heavy (non-hydrogen) atoms. The summed E-state index contributed by atoms with van der Waals surface area (Å²) in [6.07, 6.45) is -1.46. The van der Waals surface area contributed by atoms with E-state index < -0.39 is 11.9 Å². The molecule has 4 aromatic rings. The van der Waals surface area contributed by atoms with Crippen molar-refractivity contribution in [2.24, 2.45) is 0 Å². The molecule has 1 aromatic carbocycles. The van der Waals surface area contributed by atoms with Crippen LogP contribution in [-0.4, -0.2) is 25.3 Å². The van der Waals surface area contributed by atoms with Crippen molar-refractivity contribution < 1.29 is 17.6 Å². The molecule has 148 valence electrons. The Balaban J connectivity index is 1.78. The van der Waals surface area contributed by atoms with Gasteiger partial charge in [0.2, 0.25) is 0 Å². The van der Waals surface area contributed by atoms with E-state index in [0.717, 1.165) is 32.4 Å². The van der Waals surface area contributed by atoms with Crippen LogP contribution in [0.5, 0.6) is 0 Å². The van der Waals surface area contributed by atoms with Crippen LogP contribution in [-0.2, 0) is 6.18 Å². The summed E-state index contributed by atoms with van der Waals surface area (Å²) in [6.45, 7) is 1.99. The lowest BCUT2D eigenvalue weighted by molar-refractivity contribution is -0.141. The van der Waals surface area contributed by atoms with Gasteiger partial charge in [-0.3, -0.25) is 4.98 Å². The van der Waals surface area contributed by atoms with Gasteiger partial charge < -0.3 is 0 Å². The van der Waals surface area contributed by atoms with E-state index in [9.17, 15) is 17.6 Å². The first-order chi connectivity index (χ1) is 13.8. The van der Waals surface area contributed by atoms with Gasteiger partial charge in [0.15, 0.2) is 11.3 Å². The second kappa shape index (κ2) is 7.47. The summed E-state index contributed by atoms with van der Waals surface area (Å²) in [5.41, 5.74) is 1.75. The van der Waals surface area contributed by atoms with E-state index in [1.165, 1.54) is 18.3 Å². The second-order valence-electron chi connectivity index (χ2n) is 6.15. The van der Waals surface area contributed by atoms with Crippen molar-refractivity contribution in [3.8, 4) is 22.5 Å². The molecule has 4 rings (SSSR count). The summed E-state index contributed by atoms with van der Waals surface area (Å²) in [6, 6.07) is 10.5. The second-order valence-corrected chi connectivity index (χ2v) is 7.46. The molecule has 0 radical (unpaired) electrons. The standard InChI is InChI=1S/C20H14F4N4S/c1-2-29-16-9-13(12-3-5-14(21)6-4-12)11-25-19(16)15-7-8-28-18(26-15)10-17(27-28)20(22,23)24/h3-11H,2H2,1H3. The molecule has 0 aliphatic rings. The normalized spacial score (nSPS) is 11.9. The number of alkyl halides is 3. The fraction of sp³-hybridized carbons (Fsp3) is 0.150. The van der Waals surface area contributed by atoms with Crippen molar-refractivity contribution in [2.45, 2.75) is 18.0 Å². The molecule has 0 spiro atoms. The van der Waals surface area contributed by atoms with Crippen LogP contribution in [0.3, 0.4) is 0 Å². The van der Waals surface area contributed by atoms with Gasteiger partial charge in [-0.25, -0.2) is 13.9 Å². The number of halogens is 4. The molecule has 3 heterocycles. The molecule has 0 fully saturated rings. The average Bonchev–Trinajstić information content (AvgIpc) is 3.13. The quantitative estimate of drug-likeness (QED) is 0.314. The summed E-state index contributed by atoms with van der Waals surface area (Å²) >= 11 is 1.54. The largest absolute Gasteiger partial charge is 0.435 e. The van der Waals surface area contributed by atoms with Crippen molar-refractivity contribution in [1.82, 2.24) is 19.6 Å². The number of pyridine rings is 1. The summed E-state index contributed by atoms with van der Waals surface area (Å²) in [7, 11) is 0. The maximum atomic E-state index is 13.2. The number of hydrogen-bond acceptors (Lipinski definition) is 4. The molecule has 0 bridgehead atoms. The van der Waals surface area contributed by atoms with Gasteiger partial charge in [-0.1, -0.05) is 19.1 Å². The molecule has 0 saturated carbocycles. The third-order valence-electron chi connectivity index (χ3n) is 4.19. The molecular formula is C20H14F4N4S. The topological polar surface area (TPSA) is 43.1 Å². The number of nitrogens with zero attached hydrogens (tertiary/aromatic N) is 4. The number of thioether (sulfide) groups is 1. The number of hydrogen-bond donors (Lipinski definition) is 0.